The summed E-state index contributed by atoms with van der Waals surface area (Å²) >= 11 is 3.76. The van der Waals surface area contributed by atoms with E-state index >= 15 is 0 Å². The number of rotatable bonds is 2. The first-order chi connectivity index (χ1) is 23.3. The minimum absolute atomic E-state index is 0.123. The first kappa shape index (κ1) is 25.8. The first-order valence-corrected chi connectivity index (χ1v) is 17.7. The monoisotopic (exact) mass is 632 g/mol. The third-order valence-corrected chi connectivity index (χ3v) is 12.3. The van der Waals surface area contributed by atoms with E-state index < -0.39 is 0 Å². The molecule has 2 nitrogen and oxygen atoms in total. The van der Waals surface area contributed by atoms with Crippen molar-refractivity contribution in [1.29, 1.82) is 0 Å². The van der Waals surface area contributed by atoms with E-state index in [1.807, 2.05) is 22.7 Å². The van der Waals surface area contributed by atoms with Gasteiger partial charge in [-0.15, -0.1) is 22.7 Å². The molecule has 0 N–H and O–H groups in total. The van der Waals surface area contributed by atoms with Crippen LogP contribution in [0.3, 0.4) is 0 Å². The highest BCUT2D eigenvalue weighted by Crippen LogP contribution is 2.49. The number of fused-ring (bicyclic) bond motifs is 10. The Kier molecular flexibility index (Phi) is 5.26. The van der Waals surface area contributed by atoms with Gasteiger partial charge < -0.3 is 9.80 Å². The Morgan fingerprint density at radius 3 is 1.26 bits per heavy atom. The molecule has 0 atom stereocenters. The lowest BCUT2D eigenvalue weighted by molar-refractivity contribution is 1.27. The van der Waals surface area contributed by atoms with Gasteiger partial charge in [-0.05, 0) is 77.1 Å². The molecule has 0 unspecified atom stereocenters. The van der Waals surface area contributed by atoms with Gasteiger partial charge in [0.05, 0.1) is 11.4 Å². The van der Waals surface area contributed by atoms with E-state index in [2.05, 4.69) is 161 Å². The highest BCUT2D eigenvalue weighted by atomic mass is 32.1. The maximum Gasteiger partial charge on any atom is 0.252 e. The van der Waals surface area contributed by atoms with Crippen LogP contribution in [-0.4, -0.2) is 6.71 Å². The van der Waals surface area contributed by atoms with Gasteiger partial charge in [0, 0.05) is 63.1 Å². The molecule has 0 aliphatic carbocycles. The van der Waals surface area contributed by atoms with Gasteiger partial charge in [-0.3, -0.25) is 0 Å². The molecule has 2 aliphatic rings. The molecule has 0 bridgehead atoms. The number of nitrogens with zero attached hydrogens (tertiary/aromatic N) is 2. The lowest BCUT2D eigenvalue weighted by Crippen LogP contribution is -2.61. The number of anilines is 6. The molecule has 0 radical (unpaired) electrons. The quantitative estimate of drug-likeness (QED) is 0.175. The van der Waals surface area contributed by atoms with Crippen molar-refractivity contribution in [2.75, 3.05) is 9.80 Å². The van der Waals surface area contributed by atoms with E-state index in [9.17, 15) is 0 Å². The largest absolute Gasteiger partial charge is 0.311 e. The summed E-state index contributed by atoms with van der Waals surface area (Å²) in [5.41, 5.74) is 11.5. The summed E-state index contributed by atoms with van der Waals surface area (Å²) in [6, 6.07) is 56.3. The van der Waals surface area contributed by atoms with Crippen molar-refractivity contribution in [2.24, 2.45) is 0 Å². The van der Waals surface area contributed by atoms with Gasteiger partial charge in [0.15, 0.2) is 0 Å². The third-order valence-electron chi connectivity index (χ3n) is 10.1. The smallest absolute Gasteiger partial charge is 0.252 e. The summed E-state index contributed by atoms with van der Waals surface area (Å²) in [4.78, 5) is 5.08. The maximum absolute atomic E-state index is 2.54. The van der Waals surface area contributed by atoms with Gasteiger partial charge in [-0.25, -0.2) is 0 Å². The second-order valence-electron chi connectivity index (χ2n) is 12.4. The fourth-order valence-electron chi connectivity index (χ4n) is 8.24. The average Bonchev–Trinajstić information content (AvgIpc) is 3.70. The first-order valence-electron chi connectivity index (χ1n) is 16.1. The molecule has 0 spiro atoms. The molecule has 5 heteroatoms. The van der Waals surface area contributed by atoms with Crippen LogP contribution in [0.1, 0.15) is 0 Å². The molecule has 7 aromatic carbocycles. The zero-order valence-electron chi connectivity index (χ0n) is 25.2. The Morgan fingerprint density at radius 2 is 0.723 bits per heavy atom. The van der Waals surface area contributed by atoms with Crippen LogP contribution in [0.25, 0.3) is 40.3 Å². The molecule has 0 fully saturated rings. The minimum Gasteiger partial charge on any atom is -0.311 e. The maximum atomic E-state index is 2.54. The van der Waals surface area contributed by atoms with Crippen LogP contribution in [0, 0.1) is 0 Å². The Balaban J connectivity index is 1.25. The summed E-state index contributed by atoms with van der Waals surface area (Å²) in [6.45, 7) is 0.123. The minimum atomic E-state index is 0.123. The summed E-state index contributed by atoms with van der Waals surface area (Å²) in [7, 11) is 0. The van der Waals surface area contributed by atoms with Gasteiger partial charge >= 0.3 is 0 Å². The summed E-state index contributed by atoms with van der Waals surface area (Å²) in [6.07, 6.45) is 0. The molecule has 0 saturated carbocycles. The van der Waals surface area contributed by atoms with Gasteiger partial charge in [0.2, 0.25) is 0 Å². The predicted molar refractivity (Wildman–Crippen MR) is 206 cm³/mol. The lowest BCUT2D eigenvalue weighted by atomic mass is 9.33. The third kappa shape index (κ3) is 3.45. The molecule has 0 saturated heterocycles. The molecule has 2 aliphatic heterocycles. The highest BCUT2D eigenvalue weighted by Gasteiger charge is 2.43. The van der Waals surface area contributed by atoms with Crippen LogP contribution in [-0.2, 0) is 0 Å². The van der Waals surface area contributed by atoms with Crippen molar-refractivity contribution in [3.63, 3.8) is 0 Å². The van der Waals surface area contributed by atoms with Crippen molar-refractivity contribution in [1.82, 2.24) is 0 Å². The second-order valence-corrected chi connectivity index (χ2v) is 14.6. The molecular formula is C42H25BN2S2. The van der Waals surface area contributed by atoms with E-state index in [4.69, 9.17) is 0 Å². The zero-order chi connectivity index (χ0) is 30.6. The lowest BCUT2D eigenvalue weighted by Gasteiger charge is -2.44. The molecule has 47 heavy (non-hydrogen) atoms. The van der Waals surface area contributed by atoms with Crippen LogP contribution in [0.5, 0.6) is 0 Å². The van der Waals surface area contributed by atoms with Gasteiger partial charge in [0.1, 0.15) is 0 Å². The fourth-order valence-corrected chi connectivity index (χ4v) is 10.5. The normalized spacial score (nSPS) is 13.4. The van der Waals surface area contributed by atoms with E-state index in [0.717, 1.165) is 0 Å². The van der Waals surface area contributed by atoms with Crippen molar-refractivity contribution in [3.8, 4) is 0 Å². The van der Waals surface area contributed by atoms with E-state index in [0.29, 0.717) is 0 Å². The SMILES string of the molecule is c1ccc2c(c1)B1c3ccccc3N(c3cccc4sc5ccccc5c34)c3cccc(c31)N2c1cccc2sc3ccccc3c12. The summed E-state index contributed by atoms with van der Waals surface area (Å²) in [5.74, 6) is 0. The Morgan fingerprint density at radius 1 is 0.340 bits per heavy atom. The molecule has 218 valence electrons. The highest BCUT2D eigenvalue weighted by molar-refractivity contribution is 7.26. The van der Waals surface area contributed by atoms with Crippen LogP contribution < -0.4 is 26.2 Å². The molecule has 4 heterocycles. The Labute approximate surface area is 280 Å². The number of hydrogen-bond acceptors (Lipinski definition) is 4. The van der Waals surface area contributed by atoms with Crippen LogP contribution >= 0.6 is 22.7 Å². The van der Waals surface area contributed by atoms with Crippen molar-refractivity contribution >= 4 is 120 Å². The summed E-state index contributed by atoms with van der Waals surface area (Å²) < 4.78 is 5.28. The second kappa shape index (κ2) is 9.58. The van der Waals surface area contributed by atoms with Gasteiger partial charge in [-0.2, -0.15) is 0 Å². The van der Waals surface area contributed by atoms with E-state index in [-0.39, 0.29) is 6.71 Å². The fraction of sp³-hybridized carbons (Fsp3) is 0. The van der Waals surface area contributed by atoms with Crippen molar-refractivity contribution < 1.29 is 0 Å². The molecule has 9 aromatic rings. The topological polar surface area (TPSA) is 6.48 Å². The van der Waals surface area contributed by atoms with Crippen molar-refractivity contribution in [2.45, 2.75) is 0 Å². The van der Waals surface area contributed by atoms with E-state index in [1.165, 1.54) is 90.9 Å². The standard InChI is InChI=1S/C42H25BN2S2/c1-7-22-36-26(12-1)40-32(18-10-24-38(40)46-36)44-30-16-5-3-14-28(30)43-29-15-4-6-17-31(29)45(35-21-9-20-34(44)42(35)43)33-19-11-25-39-41(33)27-13-2-8-23-37(27)47-39/h1-25H. The molecule has 0 amide bonds. The van der Waals surface area contributed by atoms with Crippen LogP contribution in [0.4, 0.5) is 34.1 Å². The Hall–Kier alpha value is -5.36. The van der Waals surface area contributed by atoms with Gasteiger partial charge in [-0.1, -0.05) is 91.0 Å². The number of para-hydroxylation sites is 2. The molecule has 11 rings (SSSR count). The Bertz CT molecular complexity index is 2560. The molecular weight excluding hydrogens is 607 g/mol. The van der Waals surface area contributed by atoms with Crippen LogP contribution in [0.2, 0.25) is 0 Å². The average molecular weight is 633 g/mol. The number of thiophene rings is 2. The summed E-state index contributed by atoms with van der Waals surface area (Å²) in [5, 5.41) is 5.27. The van der Waals surface area contributed by atoms with Crippen molar-refractivity contribution in [3.05, 3.63) is 152 Å². The zero-order valence-corrected chi connectivity index (χ0v) is 26.9. The van der Waals surface area contributed by atoms with Gasteiger partial charge in [0.25, 0.3) is 6.71 Å². The predicted octanol–water partition coefficient (Wildman–Crippen LogP) is 10.5. The molecule has 2 aromatic heterocycles. The van der Waals surface area contributed by atoms with E-state index in [1.54, 1.807) is 0 Å². The van der Waals surface area contributed by atoms with Crippen LogP contribution in [0.15, 0.2) is 152 Å². The number of hydrogen-bond donors (Lipinski definition) is 0. The number of benzene rings is 7.